The third-order valence-electron chi connectivity index (χ3n) is 8.59. The first-order valence-electron chi connectivity index (χ1n) is 13.8. The largest absolute Gasteiger partial charge is 0.354 e. The van der Waals surface area contributed by atoms with Gasteiger partial charge in [-0.2, -0.15) is 4.98 Å². The van der Waals surface area contributed by atoms with Gasteiger partial charge >= 0.3 is 11.7 Å². The molecule has 1 spiro atoms. The number of likely N-dealkylation sites (tertiary alicyclic amines) is 1. The highest BCUT2D eigenvalue weighted by Crippen LogP contribution is 2.48. The second-order valence-electron chi connectivity index (χ2n) is 12.0. The Hall–Kier alpha value is -2.99. The van der Waals surface area contributed by atoms with Gasteiger partial charge in [-0.05, 0) is 63.8 Å². The van der Waals surface area contributed by atoms with E-state index in [0.29, 0.717) is 49.4 Å². The van der Waals surface area contributed by atoms with Crippen molar-refractivity contribution in [2.45, 2.75) is 57.7 Å². The van der Waals surface area contributed by atoms with Crippen LogP contribution in [-0.2, 0) is 11.2 Å². The van der Waals surface area contributed by atoms with Crippen molar-refractivity contribution >= 4 is 30.2 Å². The molecule has 0 radical (unpaired) electrons. The summed E-state index contributed by atoms with van der Waals surface area (Å²) in [6.07, 6.45) is 4.96. The molecule has 3 amide bonds. The third-order valence-corrected chi connectivity index (χ3v) is 8.59. The summed E-state index contributed by atoms with van der Waals surface area (Å²) in [6, 6.07) is 10.0. The van der Waals surface area contributed by atoms with E-state index in [9.17, 15) is 14.4 Å². The number of amides is 3. The van der Waals surface area contributed by atoms with E-state index in [2.05, 4.69) is 34.3 Å². The van der Waals surface area contributed by atoms with E-state index in [1.54, 1.807) is 35.9 Å². The molecule has 2 aliphatic heterocycles. The number of urea groups is 1. The molecule has 0 bridgehead atoms. The van der Waals surface area contributed by atoms with E-state index >= 15 is 0 Å². The minimum atomic E-state index is -0.945. The summed E-state index contributed by atoms with van der Waals surface area (Å²) in [5.41, 5.74) is 13.0. The zero-order valence-electron chi connectivity index (χ0n) is 23.5. The zero-order valence-corrected chi connectivity index (χ0v) is 24.3. The third kappa shape index (κ3) is 6.02. The van der Waals surface area contributed by atoms with Crippen LogP contribution in [0.25, 0.3) is 5.69 Å². The quantitative estimate of drug-likeness (QED) is 0.475. The van der Waals surface area contributed by atoms with Crippen molar-refractivity contribution in [3.63, 3.8) is 0 Å². The SMILES string of the molecule is CC(Cc1ccc(-n2ccc(NC(=O)N3CCN(C(=O)C(C)(C)N)CC3)nc2=O)cc1)N1CC2(CCC2N)C1.Cl. The molecule has 2 unspecified atom stereocenters. The molecule has 3 aliphatic rings. The molecular weight excluding hydrogens is 532 g/mol. The standard InChI is InChI=1S/C28H40N8O3.ClH/c1-19(35-17-28(18-35)10-8-22(28)29)16-20-4-6-21(7-5-20)36-11-9-23(32-26(36)39)31-25(38)34-14-12-33(13-15-34)24(37)27(2,3)30;/h4-7,9,11,19,22H,8,10,12-18,29-30H2,1-3H3,(H,31,32,38,39);1H. The summed E-state index contributed by atoms with van der Waals surface area (Å²) >= 11 is 0. The molecule has 2 aromatic rings. The minimum absolute atomic E-state index is 0. The summed E-state index contributed by atoms with van der Waals surface area (Å²) in [5.74, 6) is 0.0466. The molecule has 1 aromatic heterocycles. The Kier molecular flexibility index (Phi) is 8.60. The van der Waals surface area contributed by atoms with Crippen LogP contribution in [0.3, 0.4) is 0 Å². The van der Waals surface area contributed by atoms with Crippen molar-refractivity contribution in [2.24, 2.45) is 16.9 Å². The molecule has 11 nitrogen and oxygen atoms in total. The molecule has 40 heavy (non-hydrogen) atoms. The Morgan fingerprint density at radius 3 is 2.25 bits per heavy atom. The Morgan fingerprint density at radius 1 is 1.10 bits per heavy atom. The lowest BCUT2D eigenvalue weighted by atomic mass is 9.59. The lowest BCUT2D eigenvalue weighted by Crippen LogP contribution is -2.70. The Bertz CT molecular complexity index is 1280. The Morgan fingerprint density at radius 2 is 1.73 bits per heavy atom. The summed E-state index contributed by atoms with van der Waals surface area (Å²) in [6.45, 7) is 9.36. The van der Waals surface area contributed by atoms with Crippen molar-refractivity contribution in [3.8, 4) is 5.69 Å². The van der Waals surface area contributed by atoms with Gasteiger partial charge in [0.05, 0.1) is 11.2 Å². The molecule has 218 valence electrons. The summed E-state index contributed by atoms with van der Waals surface area (Å²) in [7, 11) is 0. The number of anilines is 1. The van der Waals surface area contributed by atoms with Crippen LogP contribution in [0, 0.1) is 5.41 Å². The van der Waals surface area contributed by atoms with Crippen LogP contribution in [0.4, 0.5) is 10.6 Å². The number of carbonyl (C=O) groups is 2. The first-order chi connectivity index (χ1) is 18.4. The van der Waals surface area contributed by atoms with Gasteiger partial charge in [-0.15, -0.1) is 12.4 Å². The first kappa shape index (κ1) is 30.0. The lowest BCUT2D eigenvalue weighted by Gasteiger charge is -2.61. The minimum Gasteiger partial charge on any atom is -0.338 e. The highest BCUT2D eigenvalue weighted by Gasteiger charge is 2.53. The van der Waals surface area contributed by atoms with E-state index in [4.69, 9.17) is 11.5 Å². The number of aromatic nitrogens is 2. The Labute approximate surface area is 241 Å². The van der Waals surface area contributed by atoms with Gasteiger partial charge in [-0.1, -0.05) is 12.1 Å². The average molecular weight is 573 g/mol. The van der Waals surface area contributed by atoms with Crippen molar-refractivity contribution in [3.05, 3.63) is 52.6 Å². The number of rotatable bonds is 6. The fourth-order valence-electron chi connectivity index (χ4n) is 5.83. The van der Waals surface area contributed by atoms with Crippen molar-refractivity contribution in [1.82, 2.24) is 24.3 Å². The number of nitrogens with two attached hydrogens (primary N) is 2. The maximum Gasteiger partial charge on any atom is 0.354 e. The van der Waals surface area contributed by atoms with Gasteiger partial charge in [0.1, 0.15) is 5.82 Å². The number of hydrogen-bond donors (Lipinski definition) is 3. The normalized spacial score (nSPS) is 21.2. The van der Waals surface area contributed by atoms with Crippen molar-refractivity contribution in [1.29, 1.82) is 0 Å². The van der Waals surface area contributed by atoms with Gasteiger partial charge in [-0.25, -0.2) is 9.59 Å². The van der Waals surface area contributed by atoms with Gasteiger partial charge in [0.2, 0.25) is 5.91 Å². The number of carbonyl (C=O) groups excluding carboxylic acids is 2. The number of piperazine rings is 1. The van der Waals surface area contributed by atoms with E-state index in [-0.39, 0.29) is 30.2 Å². The molecule has 5 N–H and O–H groups in total. The van der Waals surface area contributed by atoms with Crippen molar-refractivity contribution < 1.29 is 9.59 Å². The number of halogens is 1. The van der Waals surface area contributed by atoms with Crippen LogP contribution in [0.5, 0.6) is 0 Å². The summed E-state index contributed by atoms with van der Waals surface area (Å²) in [5, 5.41) is 2.70. The van der Waals surface area contributed by atoms with Gasteiger partial charge in [0.25, 0.3) is 0 Å². The van der Waals surface area contributed by atoms with E-state index in [1.807, 2.05) is 12.1 Å². The van der Waals surface area contributed by atoms with Crippen LogP contribution >= 0.6 is 12.4 Å². The Balaban J connectivity index is 0.00000370. The van der Waals surface area contributed by atoms with Crippen LogP contribution in [0.1, 0.15) is 39.2 Å². The molecule has 1 aromatic carbocycles. The molecule has 1 saturated carbocycles. The van der Waals surface area contributed by atoms with Crippen LogP contribution < -0.4 is 22.5 Å². The van der Waals surface area contributed by atoms with E-state index in [1.165, 1.54) is 16.6 Å². The predicted octanol–water partition coefficient (Wildman–Crippen LogP) is 1.42. The molecular formula is C28H41ClN8O3. The first-order valence-corrected chi connectivity index (χ1v) is 13.8. The maximum atomic E-state index is 12.7. The molecule has 2 saturated heterocycles. The lowest BCUT2D eigenvalue weighted by molar-refractivity contribution is -0.137. The summed E-state index contributed by atoms with van der Waals surface area (Å²) < 4.78 is 1.46. The number of benzene rings is 1. The average Bonchev–Trinajstić information content (AvgIpc) is 2.87. The van der Waals surface area contributed by atoms with Gasteiger partial charge in [-0.3, -0.25) is 19.6 Å². The molecule has 1 aliphatic carbocycles. The second kappa shape index (κ2) is 11.5. The van der Waals surface area contributed by atoms with Gasteiger partial charge < -0.3 is 21.3 Å². The van der Waals surface area contributed by atoms with Crippen molar-refractivity contribution in [2.75, 3.05) is 44.6 Å². The highest BCUT2D eigenvalue weighted by atomic mass is 35.5. The van der Waals surface area contributed by atoms with Crippen LogP contribution in [0.15, 0.2) is 41.3 Å². The summed E-state index contributed by atoms with van der Waals surface area (Å²) in [4.78, 5) is 47.6. The maximum absolute atomic E-state index is 12.7. The highest BCUT2D eigenvalue weighted by molar-refractivity contribution is 5.89. The van der Waals surface area contributed by atoms with Gasteiger partial charge in [0.15, 0.2) is 0 Å². The zero-order chi connectivity index (χ0) is 27.9. The monoisotopic (exact) mass is 572 g/mol. The smallest absolute Gasteiger partial charge is 0.338 e. The van der Waals surface area contributed by atoms with Crippen LogP contribution in [-0.4, -0.2) is 93.1 Å². The molecule has 3 fully saturated rings. The van der Waals surface area contributed by atoms with Crippen LogP contribution in [0.2, 0.25) is 0 Å². The fourth-order valence-corrected chi connectivity index (χ4v) is 5.83. The number of nitrogens with zero attached hydrogens (tertiary/aromatic N) is 5. The molecule has 2 atom stereocenters. The topological polar surface area (TPSA) is 143 Å². The van der Waals surface area contributed by atoms with Gasteiger partial charge in [0, 0.05) is 63.0 Å². The predicted molar refractivity (Wildman–Crippen MR) is 157 cm³/mol. The van der Waals surface area contributed by atoms with E-state index < -0.39 is 11.2 Å². The number of nitrogens with one attached hydrogen (secondary N) is 1. The van der Waals surface area contributed by atoms with E-state index in [0.717, 1.165) is 25.9 Å². The molecule has 12 heteroatoms. The fraction of sp³-hybridized carbons (Fsp3) is 0.571. The second-order valence-corrected chi connectivity index (χ2v) is 12.0. The molecule has 3 heterocycles. The molecule has 5 rings (SSSR count). The number of hydrogen-bond acceptors (Lipinski definition) is 7.